The van der Waals surface area contributed by atoms with Crippen LogP contribution in [0.1, 0.15) is 30.4 Å². The second-order valence-electron chi connectivity index (χ2n) is 5.24. The average molecular weight is 307 g/mol. The minimum absolute atomic E-state index is 0.0632. The molecule has 1 aliphatic carbocycles. The van der Waals surface area contributed by atoms with Gasteiger partial charge in [-0.2, -0.15) is 5.26 Å². The Morgan fingerprint density at radius 1 is 1.44 bits per heavy atom. The first-order chi connectivity index (χ1) is 8.65. The van der Waals surface area contributed by atoms with E-state index in [1.54, 1.807) is 0 Å². The molecule has 0 saturated heterocycles. The number of hydrogen-bond acceptors (Lipinski definition) is 2. The highest BCUT2D eigenvalue weighted by Gasteiger charge is 2.36. The van der Waals surface area contributed by atoms with E-state index in [1.807, 2.05) is 0 Å². The third-order valence-electron chi connectivity index (χ3n) is 3.89. The van der Waals surface area contributed by atoms with Crippen LogP contribution in [0.25, 0.3) is 0 Å². The maximum Gasteiger partial charge on any atom is 0.0703 e. The molecule has 0 aliphatic heterocycles. The highest BCUT2D eigenvalue weighted by Crippen LogP contribution is 2.39. The molecule has 2 nitrogen and oxygen atoms in total. The van der Waals surface area contributed by atoms with Gasteiger partial charge in [-0.1, -0.05) is 28.4 Å². The van der Waals surface area contributed by atoms with Gasteiger partial charge in [-0.3, -0.25) is 0 Å². The van der Waals surface area contributed by atoms with Gasteiger partial charge in [-0.15, -0.1) is 0 Å². The first kappa shape index (κ1) is 13.6. The van der Waals surface area contributed by atoms with E-state index in [1.165, 1.54) is 17.5 Å². The highest BCUT2D eigenvalue weighted by atomic mass is 79.9. The van der Waals surface area contributed by atoms with Crippen molar-refractivity contribution in [3.05, 3.63) is 33.8 Å². The molecule has 0 bridgehead atoms. The van der Waals surface area contributed by atoms with Gasteiger partial charge in [0.05, 0.1) is 11.5 Å². The van der Waals surface area contributed by atoms with Crippen molar-refractivity contribution in [2.75, 3.05) is 13.1 Å². The lowest BCUT2D eigenvalue weighted by atomic mass is 9.70. The Labute approximate surface area is 118 Å². The molecule has 0 radical (unpaired) electrons. The SMILES string of the molecule is Cc1ccc(Br)cc1CCNCC1(C#N)CCC1. The van der Waals surface area contributed by atoms with Gasteiger partial charge < -0.3 is 5.32 Å². The zero-order valence-electron chi connectivity index (χ0n) is 10.8. The summed E-state index contributed by atoms with van der Waals surface area (Å²) in [6.45, 7) is 3.93. The molecule has 2 rings (SSSR count). The minimum atomic E-state index is -0.0632. The van der Waals surface area contributed by atoms with Gasteiger partial charge in [0, 0.05) is 11.0 Å². The Balaban J connectivity index is 1.79. The molecule has 1 aromatic carbocycles. The molecule has 1 fully saturated rings. The number of rotatable bonds is 5. The molecule has 1 aromatic rings. The Morgan fingerprint density at radius 2 is 2.22 bits per heavy atom. The van der Waals surface area contributed by atoms with Crippen molar-refractivity contribution in [2.45, 2.75) is 32.6 Å². The number of nitrogens with zero attached hydrogens (tertiary/aromatic N) is 1. The smallest absolute Gasteiger partial charge is 0.0703 e. The molecule has 0 unspecified atom stereocenters. The largest absolute Gasteiger partial charge is 0.315 e. The van der Waals surface area contributed by atoms with E-state index in [-0.39, 0.29) is 5.41 Å². The summed E-state index contributed by atoms with van der Waals surface area (Å²) in [5.74, 6) is 0. The van der Waals surface area contributed by atoms with Gasteiger partial charge >= 0.3 is 0 Å². The molecule has 0 heterocycles. The molecule has 0 atom stereocenters. The van der Waals surface area contributed by atoms with Crippen molar-refractivity contribution in [1.82, 2.24) is 5.32 Å². The fourth-order valence-corrected chi connectivity index (χ4v) is 2.80. The lowest BCUT2D eigenvalue weighted by molar-refractivity contribution is 0.208. The molecule has 1 aliphatic rings. The summed E-state index contributed by atoms with van der Waals surface area (Å²) in [4.78, 5) is 0. The van der Waals surface area contributed by atoms with Crippen LogP contribution in [0.4, 0.5) is 0 Å². The molecular weight excluding hydrogens is 288 g/mol. The lowest BCUT2D eigenvalue weighted by Gasteiger charge is -2.35. The number of aryl methyl sites for hydroxylation is 1. The van der Waals surface area contributed by atoms with Gasteiger partial charge in [0.1, 0.15) is 0 Å². The summed E-state index contributed by atoms with van der Waals surface area (Å²) in [5, 5.41) is 12.6. The number of halogens is 1. The van der Waals surface area contributed by atoms with Gasteiger partial charge in [0.2, 0.25) is 0 Å². The minimum Gasteiger partial charge on any atom is -0.315 e. The van der Waals surface area contributed by atoms with Crippen molar-refractivity contribution < 1.29 is 0 Å². The molecule has 0 aromatic heterocycles. The highest BCUT2D eigenvalue weighted by molar-refractivity contribution is 9.10. The van der Waals surface area contributed by atoms with Crippen LogP contribution in [-0.4, -0.2) is 13.1 Å². The normalized spacial score (nSPS) is 16.9. The van der Waals surface area contributed by atoms with E-state index in [9.17, 15) is 0 Å². The molecule has 96 valence electrons. The van der Waals surface area contributed by atoms with E-state index in [4.69, 9.17) is 5.26 Å². The predicted octanol–water partition coefficient (Wildman–Crippen LogP) is 3.58. The standard InChI is InChI=1S/C15H19BrN2/c1-12-3-4-14(16)9-13(12)5-8-18-11-15(10-17)6-2-7-15/h3-4,9,18H,2,5-8,11H2,1H3. The van der Waals surface area contributed by atoms with E-state index in [0.29, 0.717) is 0 Å². The second kappa shape index (κ2) is 5.86. The van der Waals surface area contributed by atoms with Gasteiger partial charge in [-0.25, -0.2) is 0 Å². The van der Waals surface area contributed by atoms with Crippen molar-refractivity contribution in [3.8, 4) is 6.07 Å². The summed E-state index contributed by atoms with van der Waals surface area (Å²) in [5.41, 5.74) is 2.64. The van der Waals surface area contributed by atoms with Crippen LogP contribution >= 0.6 is 15.9 Å². The quantitative estimate of drug-likeness (QED) is 0.844. The van der Waals surface area contributed by atoms with E-state index in [2.05, 4.69) is 52.4 Å². The Kier molecular flexibility index (Phi) is 4.42. The number of nitrogens with one attached hydrogen (secondary N) is 1. The molecule has 0 spiro atoms. The number of benzene rings is 1. The van der Waals surface area contributed by atoms with E-state index < -0.39 is 0 Å². The fraction of sp³-hybridized carbons (Fsp3) is 0.533. The second-order valence-corrected chi connectivity index (χ2v) is 6.16. The van der Waals surface area contributed by atoms with Crippen LogP contribution in [0, 0.1) is 23.7 Å². The molecule has 3 heteroatoms. The predicted molar refractivity (Wildman–Crippen MR) is 77.3 cm³/mol. The summed E-state index contributed by atoms with van der Waals surface area (Å²) >= 11 is 3.51. The van der Waals surface area contributed by atoms with Gasteiger partial charge in [0.15, 0.2) is 0 Å². The monoisotopic (exact) mass is 306 g/mol. The van der Waals surface area contributed by atoms with Crippen molar-refractivity contribution in [3.63, 3.8) is 0 Å². The Hall–Kier alpha value is -0.850. The number of hydrogen-bond donors (Lipinski definition) is 1. The molecule has 0 amide bonds. The maximum absolute atomic E-state index is 9.14. The van der Waals surface area contributed by atoms with E-state index in [0.717, 1.165) is 36.8 Å². The zero-order chi connectivity index (χ0) is 13.0. The first-order valence-corrected chi connectivity index (χ1v) is 7.31. The summed E-state index contributed by atoms with van der Waals surface area (Å²) < 4.78 is 1.13. The first-order valence-electron chi connectivity index (χ1n) is 6.52. The Morgan fingerprint density at radius 3 is 2.83 bits per heavy atom. The number of nitriles is 1. The lowest BCUT2D eigenvalue weighted by Crippen LogP contribution is -2.39. The van der Waals surface area contributed by atoms with E-state index >= 15 is 0 Å². The van der Waals surface area contributed by atoms with Crippen molar-refractivity contribution in [1.29, 1.82) is 5.26 Å². The van der Waals surface area contributed by atoms with Crippen LogP contribution in [0.15, 0.2) is 22.7 Å². The van der Waals surface area contributed by atoms with Crippen LogP contribution in [0.3, 0.4) is 0 Å². The van der Waals surface area contributed by atoms with Crippen molar-refractivity contribution >= 4 is 15.9 Å². The molecule has 18 heavy (non-hydrogen) atoms. The third-order valence-corrected chi connectivity index (χ3v) is 4.39. The average Bonchev–Trinajstić information content (AvgIpc) is 2.31. The fourth-order valence-electron chi connectivity index (χ4n) is 2.39. The topological polar surface area (TPSA) is 35.8 Å². The van der Waals surface area contributed by atoms with Gasteiger partial charge in [0.25, 0.3) is 0 Å². The summed E-state index contributed by atoms with van der Waals surface area (Å²) in [7, 11) is 0. The Bertz CT molecular complexity index is 458. The van der Waals surface area contributed by atoms with Crippen LogP contribution < -0.4 is 5.32 Å². The third kappa shape index (κ3) is 3.13. The summed E-state index contributed by atoms with van der Waals surface area (Å²) in [6, 6.07) is 8.86. The molecule has 1 saturated carbocycles. The summed E-state index contributed by atoms with van der Waals surface area (Å²) in [6.07, 6.45) is 4.35. The molecular formula is C15H19BrN2. The van der Waals surface area contributed by atoms with Crippen LogP contribution in [-0.2, 0) is 6.42 Å². The van der Waals surface area contributed by atoms with Crippen LogP contribution in [0.2, 0.25) is 0 Å². The maximum atomic E-state index is 9.14. The van der Waals surface area contributed by atoms with Gasteiger partial charge in [-0.05, 0) is 56.0 Å². The van der Waals surface area contributed by atoms with Crippen LogP contribution in [0.5, 0.6) is 0 Å². The van der Waals surface area contributed by atoms with Crippen molar-refractivity contribution in [2.24, 2.45) is 5.41 Å². The molecule has 1 N–H and O–H groups in total. The zero-order valence-corrected chi connectivity index (χ0v) is 12.4.